The van der Waals surface area contributed by atoms with Crippen molar-refractivity contribution in [2.24, 2.45) is 0 Å². The summed E-state index contributed by atoms with van der Waals surface area (Å²) < 4.78 is 11.3. The van der Waals surface area contributed by atoms with Crippen molar-refractivity contribution in [2.75, 3.05) is 19.8 Å². The molecular formula is C16H24N2O2. The summed E-state index contributed by atoms with van der Waals surface area (Å²) >= 11 is 0. The van der Waals surface area contributed by atoms with Crippen LogP contribution >= 0.6 is 0 Å². The first-order chi connectivity index (χ1) is 9.65. The fourth-order valence-electron chi connectivity index (χ4n) is 2.03. The van der Waals surface area contributed by atoms with Crippen molar-refractivity contribution < 1.29 is 9.47 Å². The van der Waals surface area contributed by atoms with E-state index in [0.29, 0.717) is 13.2 Å². The van der Waals surface area contributed by atoms with Crippen LogP contribution in [0.25, 0.3) is 0 Å². The van der Waals surface area contributed by atoms with E-state index >= 15 is 0 Å². The van der Waals surface area contributed by atoms with Crippen molar-refractivity contribution in [3.05, 3.63) is 24.3 Å². The first-order valence-corrected chi connectivity index (χ1v) is 7.16. The number of ether oxygens (including phenoxy) is 2. The Kier molecular flexibility index (Phi) is 6.89. The highest BCUT2D eigenvalue weighted by atomic mass is 16.5. The van der Waals surface area contributed by atoms with Crippen LogP contribution in [-0.2, 0) is 0 Å². The Bertz CT molecular complexity index is 442. The molecule has 0 fully saturated rings. The molecule has 0 aliphatic carbocycles. The summed E-state index contributed by atoms with van der Waals surface area (Å²) in [5.74, 6) is 1.53. The molecule has 0 spiro atoms. The Hall–Kier alpha value is -1.73. The van der Waals surface area contributed by atoms with Crippen LogP contribution in [0.4, 0.5) is 0 Å². The summed E-state index contributed by atoms with van der Waals surface area (Å²) in [6.07, 6.45) is 1.58. The van der Waals surface area contributed by atoms with Gasteiger partial charge in [0.1, 0.15) is 5.54 Å². The average molecular weight is 276 g/mol. The van der Waals surface area contributed by atoms with Gasteiger partial charge < -0.3 is 9.47 Å². The predicted octanol–water partition coefficient (Wildman–Crippen LogP) is 3.14. The number of para-hydroxylation sites is 2. The van der Waals surface area contributed by atoms with Crippen LogP contribution in [0.2, 0.25) is 0 Å². The van der Waals surface area contributed by atoms with Gasteiger partial charge in [0.15, 0.2) is 11.5 Å². The molecule has 1 rings (SSSR count). The number of nitrogens with one attached hydrogen (secondary N) is 1. The predicted molar refractivity (Wildman–Crippen MR) is 80.0 cm³/mol. The maximum atomic E-state index is 9.17. The molecule has 1 aromatic rings. The minimum Gasteiger partial charge on any atom is -0.490 e. The third-order valence-electron chi connectivity index (χ3n) is 3.04. The van der Waals surface area contributed by atoms with E-state index in [1.807, 2.05) is 45.0 Å². The molecule has 0 bridgehead atoms. The number of hydrogen-bond donors (Lipinski definition) is 1. The lowest BCUT2D eigenvalue weighted by atomic mass is 9.98. The molecule has 4 nitrogen and oxygen atoms in total. The van der Waals surface area contributed by atoms with Crippen LogP contribution in [0.1, 0.15) is 33.6 Å². The van der Waals surface area contributed by atoms with E-state index in [1.54, 1.807) is 0 Å². The first kappa shape index (κ1) is 16.3. The molecular weight excluding hydrogens is 252 g/mol. The zero-order chi connectivity index (χ0) is 14.8. The molecule has 1 atom stereocenters. The molecule has 0 heterocycles. The number of nitrogens with zero attached hydrogens (tertiary/aromatic N) is 1. The molecule has 0 aliphatic rings. The largest absolute Gasteiger partial charge is 0.490 e. The van der Waals surface area contributed by atoms with Gasteiger partial charge in [-0.15, -0.1) is 0 Å². The van der Waals surface area contributed by atoms with Gasteiger partial charge in [0.25, 0.3) is 0 Å². The van der Waals surface area contributed by atoms with Crippen LogP contribution in [0.3, 0.4) is 0 Å². The van der Waals surface area contributed by atoms with Gasteiger partial charge >= 0.3 is 0 Å². The molecule has 0 saturated heterocycles. The summed E-state index contributed by atoms with van der Waals surface area (Å²) in [5, 5.41) is 12.4. The Balaban J connectivity index is 2.43. The highest BCUT2D eigenvalue weighted by Crippen LogP contribution is 2.26. The molecule has 0 radical (unpaired) electrons. The van der Waals surface area contributed by atoms with Gasteiger partial charge in [0.2, 0.25) is 0 Å². The van der Waals surface area contributed by atoms with Gasteiger partial charge in [-0.1, -0.05) is 19.1 Å². The third kappa shape index (κ3) is 5.10. The molecule has 1 aromatic carbocycles. The van der Waals surface area contributed by atoms with Crippen molar-refractivity contribution >= 4 is 0 Å². The minimum atomic E-state index is -0.475. The second kappa shape index (κ2) is 8.44. The van der Waals surface area contributed by atoms with Crippen molar-refractivity contribution in [1.82, 2.24) is 5.32 Å². The van der Waals surface area contributed by atoms with Crippen molar-refractivity contribution in [3.8, 4) is 17.6 Å². The van der Waals surface area contributed by atoms with Crippen LogP contribution in [-0.4, -0.2) is 25.3 Å². The number of rotatable bonds is 9. The molecule has 0 aromatic heterocycles. The van der Waals surface area contributed by atoms with Crippen molar-refractivity contribution in [2.45, 2.75) is 39.2 Å². The zero-order valence-corrected chi connectivity index (χ0v) is 12.6. The fraction of sp³-hybridized carbons (Fsp3) is 0.562. The highest BCUT2D eigenvalue weighted by Gasteiger charge is 2.21. The number of benzene rings is 1. The quantitative estimate of drug-likeness (QED) is 0.704. The summed E-state index contributed by atoms with van der Waals surface area (Å²) in [4.78, 5) is 0. The average Bonchev–Trinajstić information content (AvgIpc) is 2.46. The number of nitriles is 1. The van der Waals surface area contributed by atoms with Gasteiger partial charge in [-0.05, 0) is 45.4 Å². The van der Waals surface area contributed by atoms with Crippen LogP contribution < -0.4 is 14.8 Å². The Labute approximate surface area is 121 Å². The lowest BCUT2D eigenvalue weighted by Gasteiger charge is -2.22. The van der Waals surface area contributed by atoms with Gasteiger partial charge in [-0.2, -0.15) is 5.26 Å². The van der Waals surface area contributed by atoms with E-state index in [-0.39, 0.29) is 0 Å². The van der Waals surface area contributed by atoms with Crippen molar-refractivity contribution in [1.29, 1.82) is 5.26 Å². The van der Waals surface area contributed by atoms with Crippen molar-refractivity contribution in [3.63, 3.8) is 0 Å². The molecule has 0 saturated carbocycles. The first-order valence-electron chi connectivity index (χ1n) is 7.16. The van der Waals surface area contributed by atoms with Crippen LogP contribution in [0, 0.1) is 11.3 Å². The van der Waals surface area contributed by atoms with E-state index in [0.717, 1.165) is 30.9 Å². The number of hydrogen-bond acceptors (Lipinski definition) is 4. The van der Waals surface area contributed by atoms with Gasteiger partial charge in [-0.25, -0.2) is 0 Å². The standard InChI is InChI=1S/C16H24N2O2/c1-4-18-16(3,13-17)11-8-12-20-15-10-7-6-9-14(15)19-5-2/h6-7,9-10,18H,4-5,8,11-12H2,1-3H3. The normalized spacial score (nSPS) is 13.3. The minimum absolute atomic E-state index is 0.475. The van der Waals surface area contributed by atoms with Crippen LogP contribution in [0.15, 0.2) is 24.3 Å². The van der Waals surface area contributed by atoms with E-state index in [9.17, 15) is 5.26 Å². The van der Waals surface area contributed by atoms with E-state index in [2.05, 4.69) is 11.4 Å². The fourth-order valence-corrected chi connectivity index (χ4v) is 2.03. The topological polar surface area (TPSA) is 54.3 Å². The monoisotopic (exact) mass is 276 g/mol. The lowest BCUT2D eigenvalue weighted by Crippen LogP contribution is -2.40. The third-order valence-corrected chi connectivity index (χ3v) is 3.04. The molecule has 0 amide bonds. The van der Waals surface area contributed by atoms with Gasteiger partial charge in [0.05, 0.1) is 19.3 Å². The second-order valence-corrected chi connectivity index (χ2v) is 4.81. The Morgan fingerprint density at radius 2 is 1.85 bits per heavy atom. The molecule has 20 heavy (non-hydrogen) atoms. The molecule has 4 heteroatoms. The summed E-state index contributed by atoms with van der Waals surface area (Å²) in [5.41, 5.74) is -0.475. The summed E-state index contributed by atoms with van der Waals surface area (Å²) in [6.45, 7) is 7.86. The van der Waals surface area contributed by atoms with E-state index in [1.165, 1.54) is 0 Å². The summed E-state index contributed by atoms with van der Waals surface area (Å²) in [7, 11) is 0. The molecule has 110 valence electrons. The summed E-state index contributed by atoms with van der Waals surface area (Å²) in [6, 6.07) is 9.97. The van der Waals surface area contributed by atoms with E-state index < -0.39 is 5.54 Å². The zero-order valence-electron chi connectivity index (χ0n) is 12.6. The smallest absolute Gasteiger partial charge is 0.161 e. The highest BCUT2D eigenvalue weighted by molar-refractivity contribution is 5.39. The second-order valence-electron chi connectivity index (χ2n) is 4.81. The SMILES string of the molecule is CCNC(C)(C#N)CCCOc1ccccc1OCC. The lowest BCUT2D eigenvalue weighted by molar-refractivity contribution is 0.261. The van der Waals surface area contributed by atoms with Gasteiger partial charge in [0, 0.05) is 0 Å². The van der Waals surface area contributed by atoms with Crippen LogP contribution in [0.5, 0.6) is 11.5 Å². The Morgan fingerprint density at radius 3 is 2.40 bits per heavy atom. The maximum Gasteiger partial charge on any atom is 0.161 e. The maximum absolute atomic E-state index is 9.17. The van der Waals surface area contributed by atoms with E-state index in [4.69, 9.17) is 9.47 Å². The van der Waals surface area contributed by atoms with Gasteiger partial charge in [-0.3, -0.25) is 5.32 Å². The molecule has 0 aliphatic heterocycles. The molecule has 1 N–H and O–H groups in total. The Morgan fingerprint density at radius 1 is 1.20 bits per heavy atom. The molecule has 1 unspecified atom stereocenters.